The second kappa shape index (κ2) is 6.41. The maximum Gasteiger partial charge on any atom is 0.334 e. The van der Waals surface area contributed by atoms with Crippen LogP contribution in [0.25, 0.3) is 10.9 Å². The molecule has 0 radical (unpaired) electrons. The molecule has 23 heavy (non-hydrogen) atoms. The van der Waals surface area contributed by atoms with Crippen LogP contribution >= 0.6 is 0 Å². The van der Waals surface area contributed by atoms with Gasteiger partial charge in [0.05, 0.1) is 6.61 Å². The highest BCUT2D eigenvalue weighted by atomic mass is 19.1. The first-order valence-electron chi connectivity index (χ1n) is 7.91. The number of H-pyrrole nitrogens is 1. The number of aryl methyl sites for hydroxylation is 1. The van der Waals surface area contributed by atoms with Crippen molar-refractivity contribution in [2.75, 3.05) is 6.61 Å². The van der Waals surface area contributed by atoms with Gasteiger partial charge in [-0.15, -0.1) is 0 Å². The number of ether oxygens (including phenoxy) is 1. The molecule has 3 rings (SSSR count). The Labute approximate surface area is 134 Å². The molecule has 0 unspecified atom stereocenters. The number of carbonyl (C=O) groups excluding carboxylic acids is 1. The summed E-state index contributed by atoms with van der Waals surface area (Å²) in [6, 6.07) is 8.05. The molecule has 1 heterocycles. The van der Waals surface area contributed by atoms with Crippen LogP contribution in [0.3, 0.4) is 0 Å². The summed E-state index contributed by atoms with van der Waals surface area (Å²) in [5.74, 6) is -0.714. The molecule has 1 N–H and O–H groups in total. The average Bonchev–Trinajstić information content (AvgIpc) is 2.85. The molecule has 1 aliphatic carbocycles. The lowest BCUT2D eigenvalue weighted by molar-refractivity contribution is -0.138. The molecule has 0 amide bonds. The van der Waals surface area contributed by atoms with Gasteiger partial charge in [-0.05, 0) is 56.4 Å². The zero-order chi connectivity index (χ0) is 16.4. The molecule has 3 nitrogen and oxygen atoms in total. The van der Waals surface area contributed by atoms with E-state index in [-0.39, 0.29) is 5.83 Å². The van der Waals surface area contributed by atoms with Crippen molar-refractivity contribution in [1.29, 1.82) is 0 Å². The lowest BCUT2D eigenvalue weighted by atomic mass is 9.92. The number of halogens is 1. The lowest BCUT2D eigenvalue weighted by Crippen LogP contribution is -2.11. The van der Waals surface area contributed by atoms with E-state index < -0.39 is 5.97 Å². The Morgan fingerprint density at radius 1 is 1.30 bits per heavy atom. The Hall–Kier alpha value is -2.36. The van der Waals surface area contributed by atoms with Crippen molar-refractivity contribution in [3.05, 3.63) is 58.6 Å². The summed E-state index contributed by atoms with van der Waals surface area (Å²) < 4.78 is 19.4. The number of nitrogens with one attached hydrogen (secondary N) is 1. The zero-order valence-electron chi connectivity index (χ0n) is 13.4. The predicted molar refractivity (Wildman–Crippen MR) is 88.8 cm³/mol. The normalized spacial score (nSPS) is 15.0. The summed E-state index contributed by atoms with van der Waals surface area (Å²) >= 11 is 0. The SMILES string of the molecule is CCOC(=O)C1=CC(F)=C(Cc2c(C)[nH]c3ccccc23)CC1. The molecule has 0 spiro atoms. The maximum atomic E-state index is 14.4. The highest BCUT2D eigenvalue weighted by Crippen LogP contribution is 2.31. The van der Waals surface area contributed by atoms with Gasteiger partial charge in [0.15, 0.2) is 0 Å². The van der Waals surface area contributed by atoms with Gasteiger partial charge in [0, 0.05) is 22.2 Å². The molecular weight excluding hydrogens is 293 g/mol. The van der Waals surface area contributed by atoms with E-state index in [1.807, 2.05) is 25.1 Å². The van der Waals surface area contributed by atoms with E-state index >= 15 is 0 Å². The summed E-state index contributed by atoms with van der Waals surface area (Å²) in [6.45, 7) is 4.07. The fourth-order valence-electron chi connectivity index (χ4n) is 3.07. The van der Waals surface area contributed by atoms with Crippen LogP contribution in [0.15, 0.2) is 47.3 Å². The van der Waals surface area contributed by atoms with Gasteiger partial charge in [0.1, 0.15) is 5.83 Å². The molecule has 1 aromatic carbocycles. The number of carbonyl (C=O) groups is 1. The second-order valence-electron chi connectivity index (χ2n) is 5.79. The van der Waals surface area contributed by atoms with Gasteiger partial charge < -0.3 is 9.72 Å². The van der Waals surface area contributed by atoms with Crippen molar-refractivity contribution in [3.8, 4) is 0 Å². The van der Waals surface area contributed by atoms with Crippen molar-refractivity contribution >= 4 is 16.9 Å². The van der Waals surface area contributed by atoms with E-state index in [4.69, 9.17) is 4.74 Å². The van der Waals surface area contributed by atoms with Gasteiger partial charge in [-0.3, -0.25) is 0 Å². The minimum atomic E-state index is -0.412. The largest absolute Gasteiger partial charge is 0.463 e. The fourth-order valence-corrected chi connectivity index (χ4v) is 3.07. The van der Waals surface area contributed by atoms with Crippen LogP contribution in [0.2, 0.25) is 0 Å². The van der Waals surface area contributed by atoms with Gasteiger partial charge in [-0.1, -0.05) is 18.2 Å². The minimum Gasteiger partial charge on any atom is -0.463 e. The number of hydrogen-bond acceptors (Lipinski definition) is 2. The number of allylic oxidation sites excluding steroid dienone is 3. The minimum absolute atomic E-state index is 0.302. The third kappa shape index (κ3) is 3.07. The molecule has 0 bridgehead atoms. The summed E-state index contributed by atoms with van der Waals surface area (Å²) in [5, 5.41) is 1.13. The van der Waals surface area contributed by atoms with Crippen LogP contribution < -0.4 is 0 Å². The van der Waals surface area contributed by atoms with Gasteiger partial charge >= 0.3 is 5.97 Å². The highest BCUT2D eigenvalue weighted by molar-refractivity contribution is 5.89. The van der Waals surface area contributed by atoms with Gasteiger partial charge in [-0.25, -0.2) is 9.18 Å². The third-order valence-electron chi connectivity index (χ3n) is 4.29. The van der Waals surface area contributed by atoms with E-state index in [2.05, 4.69) is 11.1 Å². The molecule has 4 heteroatoms. The predicted octanol–water partition coefficient (Wildman–Crippen LogP) is 4.53. The lowest BCUT2D eigenvalue weighted by Gasteiger charge is -2.15. The molecule has 0 fully saturated rings. The molecule has 120 valence electrons. The topological polar surface area (TPSA) is 42.1 Å². The Bertz CT molecular complexity index is 814. The summed E-state index contributed by atoms with van der Waals surface area (Å²) in [7, 11) is 0. The van der Waals surface area contributed by atoms with Crippen molar-refractivity contribution in [3.63, 3.8) is 0 Å². The van der Waals surface area contributed by atoms with Gasteiger partial charge in [0.2, 0.25) is 0 Å². The monoisotopic (exact) mass is 313 g/mol. The Balaban J connectivity index is 1.89. The fraction of sp³-hybridized carbons (Fsp3) is 0.316. The van der Waals surface area contributed by atoms with Crippen molar-refractivity contribution < 1.29 is 13.9 Å². The standard InChI is InChI=1S/C19H20FNO2/c1-3-23-19(22)14-9-8-13(17(20)11-14)10-16-12(2)21-18-7-5-4-6-15(16)18/h4-7,11,21H,3,8-10H2,1-2H3. The molecule has 0 atom stereocenters. The van der Waals surface area contributed by atoms with Crippen LogP contribution in [0.1, 0.15) is 31.0 Å². The average molecular weight is 313 g/mol. The Morgan fingerprint density at radius 3 is 2.83 bits per heavy atom. The number of rotatable bonds is 4. The molecule has 1 aliphatic rings. The van der Waals surface area contributed by atoms with Gasteiger partial charge in [0.25, 0.3) is 0 Å². The number of benzene rings is 1. The summed E-state index contributed by atoms with van der Waals surface area (Å²) in [4.78, 5) is 15.1. The molecular formula is C19H20FNO2. The van der Waals surface area contributed by atoms with Crippen LogP contribution in [0.4, 0.5) is 4.39 Å². The second-order valence-corrected chi connectivity index (χ2v) is 5.79. The first kappa shape index (κ1) is 15.5. The first-order chi connectivity index (χ1) is 11.1. The number of aromatic amines is 1. The number of para-hydroxylation sites is 1. The summed E-state index contributed by atoms with van der Waals surface area (Å²) in [5.41, 5.74) is 4.42. The van der Waals surface area contributed by atoms with Crippen molar-refractivity contribution in [2.24, 2.45) is 0 Å². The number of hydrogen-bond donors (Lipinski definition) is 1. The smallest absolute Gasteiger partial charge is 0.334 e. The van der Waals surface area contributed by atoms with E-state index in [0.717, 1.165) is 27.7 Å². The van der Waals surface area contributed by atoms with E-state index in [1.54, 1.807) is 6.92 Å². The maximum absolute atomic E-state index is 14.4. The van der Waals surface area contributed by atoms with Crippen LogP contribution in [0, 0.1) is 6.92 Å². The Kier molecular flexibility index (Phi) is 4.33. The molecule has 0 aliphatic heterocycles. The van der Waals surface area contributed by atoms with E-state index in [0.29, 0.717) is 31.4 Å². The van der Waals surface area contributed by atoms with E-state index in [9.17, 15) is 9.18 Å². The van der Waals surface area contributed by atoms with Crippen molar-refractivity contribution in [2.45, 2.75) is 33.1 Å². The van der Waals surface area contributed by atoms with E-state index in [1.165, 1.54) is 6.08 Å². The quantitative estimate of drug-likeness (QED) is 0.843. The molecule has 2 aromatic rings. The van der Waals surface area contributed by atoms with Crippen LogP contribution in [0.5, 0.6) is 0 Å². The molecule has 1 aromatic heterocycles. The molecule has 0 saturated heterocycles. The van der Waals surface area contributed by atoms with Crippen LogP contribution in [-0.4, -0.2) is 17.6 Å². The van der Waals surface area contributed by atoms with Gasteiger partial charge in [-0.2, -0.15) is 0 Å². The Morgan fingerprint density at radius 2 is 2.09 bits per heavy atom. The zero-order valence-corrected chi connectivity index (χ0v) is 13.4. The molecule has 0 saturated carbocycles. The van der Waals surface area contributed by atoms with Crippen LogP contribution in [-0.2, 0) is 16.0 Å². The number of aromatic nitrogens is 1. The van der Waals surface area contributed by atoms with Crippen molar-refractivity contribution in [1.82, 2.24) is 4.98 Å². The summed E-state index contributed by atoms with van der Waals surface area (Å²) in [6.07, 6.45) is 2.98. The third-order valence-corrected chi connectivity index (χ3v) is 4.29. The highest BCUT2D eigenvalue weighted by Gasteiger charge is 2.21. The number of fused-ring (bicyclic) bond motifs is 1. The first-order valence-corrected chi connectivity index (χ1v) is 7.91. The number of esters is 1.